The van der Waals surface area contributed by atoms with E-state index in [-0.39, 0.29) is 0 Å². The van der Waals surface area contributed by atoms with E-state index in [2.05, 4.69) is 5.32 Å². The molecule has 0 aromatic heterocycles. The summed E-state index contributed by atoms with van der Waals surface area (Å²) in [5.74, 6) is 0. The number of halogens is 2. The molecular formula is C12H17F2N. The van der Waals surface area contributed by atoms with Gasteiger partial charge in [-0.05, 0) is 32.4 Å². The summed E-state index contributed by atoms with van der Waals surface area (Å²) in [6, 6.07) is 9.69. The first-order valence-corrected chi connectivity index (χ1v) is 5.09. The third-order valence-corrected chi connectivity index (χ3v) is 2.83. The molecule has 3 heteroatoms. The van der Waals surface area contributed by atoms with Gasteiger partial charge in [0.1, 0.15) is 0 Å². The van der Waals surface area contributed by atoms with E-state index in [4.69, 9.17) is 0 Å². The highest BCUT2D eigenvalue weighted by molar-refractivity contribution is 5.15. The Hall–Kier alpha value is -0.960. The zero-order chi connectivity index (χ0) is 11.3. The van der Waals surface area contributed by atoms with Crippen molar-refractivity contribution >= 4 is 0 Å². The number of aryl methyl sites for hydroxylation is 1. The van der Waals surface area contributed by atoms with Gasteiger partial charge in [-0.25, -0.2) is 8.78 Å². The maximum Gasteiger partial charge on any atom is 0.256 e. The van der Waals surface area contributed by atoms with Crippen molar-refractivity contribution < 1.29 is 8.78 Å². The summed E-state index contributed by atoms with van der Waals surface area (Å²) in [7, 11) is 1.58. The first-order chi connectivity index (χ1) is 7.08. The molecule has 0 spiro atoms. The molecule has 84 valence electrons. The second-order valence-corrected chi connectivity index (χ2v) is 3.95. The van der Waals surface area contributed by atoms with E-state index in [0.29, 0.717) is 12.8 Å². The van der Waals surface area contributed by atoms with E-state index in [1.54, 1.807) is 14.0 Å². The Kier molecular flexibility index (Phi) is 4.21. The third-order valence-electron chi connectivity index (χ3n) is 2.83. The summed E-state index contributed by atoms with van der Waals surface area (Å²) in [5.41, 5.74) is 0.00942. The van der Waals surface area contributed by atoms with Gasteiger partial charge in [-0.15, -0.1) is 0 Å². The lowest BCUT2D eigenvalue weighted by Gasteiger charge is -2.28. The van der Waals surface area contributed by atoms with Crippen molar-refractivity contribution in [2.45, 2.75) is 31.7 Å². The van der Waals surface area contributed by atoms with Crippen LogP contribution in [0.2, 0.25) is 0 Å². The molecule has 0 saturated heterocycles. The normalized spacial score (nSPS) is 15.3. The largest absolute Gasteiger partial charge is 0.310 e. The minimum Gasteiger partial charge on any atom is -0.310 e. The summed E-state index contributed by atoms with van der Waals surface area (Å²) < 4.78 is 25.4. The molecule has 0 aliphatic rings. The molecule has 0 saturated carbocycles. The van der Waals surface area contributed by atoms with Crippen LogP contribution in [0.5, 0.6) is 0 Å². The van der Waals surface area contributed by atoms with Crippen molar-refractivity contribution in [1.29, 1.82) is 0 Å². The molecule has 0 aliphatic carbocycles. The molecule has 1 atom stereocenters. The van der Waals surface area contributed by atoms with Gasteiger partial charge in [-0.1, -0.05) is 30.3 Å². The zero-order valence-corrected chi connectivity index (χ0v) is 9.13. The number of hydrogen-bond donors (Lipinski definition) is 1. The Labute approximate surface area is 89.5 Å². The van der Waals surface area contributed by atoms with Crippen LogP contribution in [0.4, 0.5) is 8.78 Å². The average molecular weight is 213 g/mol. The maximum atomic E-state index is 12.7. The molecule has 1 N–H and O–H groups in total. The number of nitrogens with one attached hydrogen (secondary N) is 1. The van der Waals surface area contributed by atoms with E-state index in [0.717, 1.165) is 5.56 Å². The van der Waals surface area contributed by atoms with Crippen LogP contribution in [-0.4, -0.2) is 19.0 Å². The zero-order valence-electron chi connectivity index (χ0n) is 9.13. The first kappa shape index (κ1) is 12.1. The van der Waals surface area contributed by atoms with Crippen LogP contribution in [0.3, 0.4) is 0 Å². The number of hydrogen-bond acceptors (Lipinski definition) is 1. The Morgan fingerprint density at radius 1 is 1.27 bits per heavy atom. The molecule has 0 bridgehead atoms. The Balaban J connectivity index is 2.55. The van der Waals surface area contributed by atoms with Gasteiger partial charge >= 0.3 is 0 Å². The van der Waals surface area contributed by atoms with Crippen molar-refractivity contribution in [3.8, 4) is 0 Å². The van der Waals surface area contributed by atoms with Crippen molar-refractivity contribution in [3.63, 3.8) is 0 Å². The van der Waals surface area contributed by atoms with Crippen LogP contribution in [-0.2, 0) is 6.42 Å². The van der Waals surface area contributed by atoms with E-state index < -0.39 is 12.0 Å². The average Bonchev–Trinajstić information content (AvgIpc) is 2.27. The molecule has 15 heavy (non-hydrogen) atoms. The van der Waals surface area contributed by atoms with Gasteiger partial charge in [-0.3, -0.25) is 0 Å². The highest BCUT2D eigenvalue weighted by Gasteiger charge is 2.32. The minimum absolute atomic E-state index is 0.436. The van der Waals surface area contributed by atoms with Crippen LogP contribution in [0.25, 0.3) is 0 Å². The number of benzene rings is 1. The summed E-state index contributed by atoms with van der Waals surface area (Å²) in [6.07, 6.45) is -1.24. The number of alkyl halides is 2. The molecule has 0 radical (unpaired) electrons. The summed E-state index contributed by atoms with van der Waals surface area (Å²) in [6.45, 7) is 1.56. The van der Waals surface area contributed by atoms with Crippen molar-refractivity contribution in [1.82, 2.24) is 5.32 Å². The lowest BCUT2D eigenvalue weighted by Crippen LogP contribution is -2.46. The predicted molar refractivity (Wildman–Crippen MR) is 58.2 cm³/mol. The fraction of sp³-hybridized carbons (Fsp3) is 0.500. The van der Waals surface area contributed by atoms with Gasteiger partial charge in [0.25, 0.3) is 6.43 Å². The highest BCUT2D eigenvalue weighted by Crippen LogP contribution is 2.21. The van der Waals surface area contributed by atoms with E-state index in [1.165, 1.54) is 0 Å². The molecule has 0 heterocycles. The monoisotopic (exact) mass is 213 g/mol. The van der Waals surface area contributed by atoms with Crippen LogP contribution in [0, 0.1) is 0 Å². The fourth-order valence-electron chi connectivity index (χ4n) is 1.39. The number of rotatable bonds is 5. The first-order valence-electron chi connectivity index (χ1n) is 5.09. The second kappa shape index (κ2) is 5.21. The van der Waals surface area contributed by atoms with Gasteiger partial charge in [0.05, 0.1) is 5.54 Å². The van der Waals surface area contributed by atoms with Gasteiger partial charge in [0.15, 0.2) is 0 Å². The highest BCUT2D eigenvalue weighted by atomic mass is 19.3. The second-order valence-electron chi connectivity index (χ2n) is 3.95. The Morgan fingerprint density at radius 3 is 2.33 bits per heavy atom. The molecular weight excluding hydrogens is 196 g/mol. The van der Waals surface area contributed by atoms with Crippen molar-refractivity contribution in [2.24, 2.45) is 0 Å². The summed E-state index contributed by atoms with van der Waals surface area (Å²) >= 11 is 0. The van der Waals surface area contributed by atoms with Crippen LogP contribution in [0.15, 0.2) is 30.3 Å². The van der Waals surface area contributed by atoms with Gasteiger partial charge in [0.2, 0.25) is 0 Å². The lowest BCUT2D eigenvalue weighted by atomic mass is 9.94. The smallest absolute Gasteiger partial charge is 0.256 e. The Bertz CT molecular complexity index is 287. The van der Waals surface area contributed by atoms with E-state index in [1.807, 2.05) is 30.3 Å². The predicted octanol–water partition coefficient (Wildman–Crippen LogP) is 2.86. The fourth-order valence-corrected chi connectivity index (χ4v) is 1.39. The van der Waals surface area contributed by atoms with Crippen LogP contribution >= 0.6 is 0 Å². The molecule has 1 nitrogen and oxygen atoms in total. The molecule has 1 unspecified atom stereocenters. The summed E-state index contributed by atoms with van der Waals surface area (Å²) in [5, 5.41) is 2.70. The molecule has 0 amide bonds. The molecule has 1 aromatic rings. The van der Waals surface area contributed by atoms with Crippen LogP contribution in [0.1, 0.15) is 18.9 Å². The molecule has 1 rings (SSSR count). The SMILES string of the molecule is CNC(C)(CCc1ccccc1)C(F)F. The minimum atomic E-state index is -2.34. The maximum absolute atomic E-state index is 12.7. The molecule has 0 aliphatic heterocycles. The topological polar surface area (TPSA) is 12.0 Å². The van der Waals surface area contributed by atoms with E-state index >= 15 is 0 Å². The van der Waals surface area contributed by atoms with Crippen molar-refractivity contribution in [3.05, 3.63) is 35.9 Å². The third kappa shape index (κ3) is 3.27. The molecule has 1 aromatic carbocycles. The quantitative estimate of drug-likeness (QED) is 0.793. The Morgan fingerprint density at radius 2 is 1.87 bits per heavy atom. The standard InChI is InChI=1S/C12H17F2N/c1-12(15-2,11(13)14)9-8-10-6-4-3-5-7-10/h3-7,11,15H,8-9H2,1-2H3. The van der Waals surface area contributed by atoms with Gasteiger partial charge in [0, 0.05) is 0 Å². The van der Waals surface area contributed by atoms with Crippen LogP contribution < -0.4 is 5.32 Å². The van der Waals surface area contributed by atoms with E-state index in [9.17, 15) is 8.78 Å². The summed E-state index contributed by atoms with van der Waals surface area (Å²) in [4.78, 5) is 0. The van der Waals surface area contributed by atoms with Gasteiger partial charge in [-0.2, -0.15) is 0 Å². The molecule has 0 fully saturated rings. The lowest BCUT2D eigenvalue weighted by molar-refractivity contribution is 0.0401. The van der Waals surface area contributed by atoms with Crippen molar-refractivity contribution in [2.75, 3.05) is 7.05 Å². The van der Waals surface area contributed by atoms with Gasteiger partial charge < -0.3 is 5.32 Å².